The average Bonchev–Trinajstić information content (AvgIpc) is 2.34. The number of hydrogen-bond donors (Lipinski definition) is 0. The fourth-order valence-electron chi connectivity index (χ4n) is 1.44. The molecular formula is C14H12ClNO. The van der Waals surface area contributed by atoms with Gasteiger partial charge in [0.2, 0.25) is 0 Å². The number of rotatable bonds is 3. The second-order valence-corrected chi connectivity index (χ2v) is 3.89. The molecule has 17 heavy (non-hydrogen) atoms. The van der Waals surface area contributed by atoms with Gasteiger partial charge >= 0.3 is 0 Å². The van der Waals surface area contributed by atoms with Gasteiger partial charge in [-0.25, -0.2) is 0 Å². The molecule has 3 heteroatoms. The molecule has 0 spiro atoms. The summed E-state index contributed by atoms with van der Waals surface area (Å²) in [5.41, 5.74) is 0.884. The number of aliphatic imine (C=N–C) groups is 1. The third-order valence-corrected chi connectivity index (χ3v) is 2.55. The lowest BCUT2D eigenvalue weighted by molar-refractivity contribution is 0.483. The van der Waals surface area contributed by atoms with Crippen LogP contribution in [0.3, 0.4) is 0 Å². The van der Waals surface area contributed by atoms with Crippen molar-refractivity contribution in [1.29, 1.82) is 0 Å². The molecule has 0 atom stereocenters. The summed E-state index contributed by atoms with van der Waals surface area (Å²) >= 11 is 6.10. The lowest BCUT2D eigenvalue weighted by Gasteiger charge is -2.06. The number of halogens is 1. The largest absolute Gasteiger partial charge is 0.457 e. The molecule has 0 aromatic heterocycles. The van der Waals surface area contributed by atoms with E-state index in [1.54, 1.807) is 19.3 Å². The summed E-state index contributed by atoms with van der Waals surface area (Å²) < 4.78 is 5.66. The van der Waals surface area contributed by atoms with Crippen LogP contribution in [0.2, 0.25) is 5.02 Å². The summed E-state index contributed by atoms with van der Waals surface area (Å²) in [6.07, 6.45) is 1.72. The van der Waals surface area contributed by atoms with Gasteiger partial charge in [-0.2, -0.15) is 0 Å². The van der Waals surface area contributed by atoms with E-state index >= 15 is 0 Å². The zero-order valence-electron chi connectivity index (χ0n) is 9.43. The van der Waals surface area contributed by atoms with Crippen molar-refractivity contribution >= 4 is 17.8 Å². The van der Waals surface area contributed by atoms with E-state index in [0.29, 0.717) is 5.02 Å². The predicted octanol–water partition coefficient (Wildman–Crippen LogP) is 4.18. The summed E-state index contributed by atoms with van der Waals surface area (Å²) in [4.78, 5) is 3.93. The van der Waals surface area contributed by atoms with Crippen LogP contribution in [0.5, 0.6) is 11.5 Å². The van der Waals surface area contributed by atoms with Crippen LogP contribution in [0.4, 0.5) is 0 Å². The highest BCUT2D eigenvalue weighted by molar-refractivity contribution is 6.33. The first kappa shape index (κ1) is 11.7. The molecule has 0 aliphatic heterocycles. The highest BCUT2D eigenvalue weighted by Gasteiger charge is 2.01. The number of ether oxygens (including phenoxy) is 1. The Morgan fingerprint density at radius 2 is 1.82 bits per heavy atom. The first-order valence-electron chi connectivity index (χ1n) is 5.24. The van der Waals surface area contributed by atoms with Crippen LogP contribution in [0, 0.1) is 0 Å². The standard InChI is InChI=1S/C14H12ClNO/c1-16-10-11-7-8-13(9-14(11)15)17-12-5-3-2-4-6-12/h2-10H,1H3. The van der Waals surface area contributed by atoms with Crippen molar-refractivity contribution < 1.29 is 4.74 Å². The minimum Gasteiger partial charge on any atom is -0.457 e. The van der Waals surface area contributed by atoms with Crippen LogP contribution in [0.25, 0.3) is 0 Å². The first-order chi connectivity index (χ1) is 8.29. The molecule has 0 aliphatic rings. The second-order valence-electron chi connectivity index (χ2n) is 3.49. The van der Waals surface area contributed by atoms with Crippen molar-refractivity contribution in [1.82, 2.24) is 0 Å². The predicted molar refractivity (Wildman–Crippen MR) is 71.5 cm³/mol. The number of nitrogens with zero attached hydrogens (tertiary/aromatic N) is 1. The zero-order valence-corrected chi connectivity index (χ0v) is 10.2. The molecule has 0 aliphatic carbocycles. The van der Waals surface area contributed by atoms with E-state index in [9.17, 15) is 0 Å². The first-order valence-corrected chi connectivity index (χ1v) is 5.62. The van der Waals surface area contributed by atoms with Crippen LogP contribution in [0.1, 0.15) is 5.56 Å². The Labute approximate surface area is 106 Å². The van der Waals surface area contributed by atoms with Gasteiger partial charge in [-0.3, -0.25) is 4.99 Å². The van der Waals surface area contributed by atoms with E-state index < -0.39 is 0 Å². The minimum absolute atomic E-state index is 0.629. The smallest absolute Gasteiger partial charge is 0.128 e. The normalized spacial score (nSPS) is 10.7. The van der Waals surface area contributed by atoms with Gasteiger partial charge in [0.15, 0.2) is 0 Å². The molecule has 0 N–H and O–H groups in total. The highest BCUT2D eigenvalue weighted by atomic mass is 35.5. The van der Waals surface area contributed by atoms with E-state index in [2.05, 4.69) is 4.99 Å². The van der Waals surface area contributed by atoms with Gasteiger partial charge in [0.1, 0.15) is 11.5 Å². The van der Waals surface area contributed by atoms with E-state index in [1.807, 2.05) is 42.5 Å². The van der Waals surface area contributed by atoms with Crippen LogP contribution in [-0.2, 0) is 0 Å². The summed E-state index contributed by atoms with van der Waals surface area (Å²) in [7, 11) is 1.71. The molecule has 2 aromatic carbocycles. The Kier molecular flexibility index (Phi) is 3.78. The lowest BCUT2D eigenvalue weighted by atomic mass is 10.2. The summed E-state index contributed by atoms with van der Waals surface area (Å²) in [6, 6.07) is 15.1. The van der Waals surface area contributed by atoms with Crippen LogP contribution in [0.15, 0.2) is 53.5 Å². The molecule has 0 unspecified atom stereocenters. The van der Waals surface area contributed by atoms with Gasteiger partial charge in [0, 0.05) is 24.9 Å². The highest BCUT2D eigenvalue weighted by Crippen LogP contribution is 2.25. The third-order valence-electron chi connectivity index (χ3n) is 2.22. The van der Waals surface area contributed by atoms with Crippen molar-refractivity contribution in [2.75, 3.05) is 7.05 Å². The molecule has 2 aromatic rings. The molecular weight excluding hydrogens is 234 g/mol. The van der Waals surface area contributed by atoms with E-state index in [-0.39, 0.29) is 0 Å². The topological polar surface area (TPSA) is 21.6 Å². The molecule has 0 saturated carbocycles. The number of para-hydroxylation sites is 1. The van der Waals surface area contributed by atoms with Gasteiger partial charge in [0.05, 0.1) is 5.02 Å². The van der Waals surface area contributed by atoms with Crippen molar-refractivity contribution in [2.24, 2.45) is 4.99 Å². The molecule has 0 amide bonds. The Bertz CT molecular complexity index is 523. The molecule has 2 rings (SSSR count). The van der Waals surface area contributed by atoms with Crippen molar-refractivity contribution in [3.05, 3.63) is 59.1 Å². The van der Waals surface area contributed by atoms with Gasteiger partial charge < -0.3 is 4.74 Å². The molecule has 0 fully saturated rings. The quantitative estimate of drug-likeness (QED) is 0.744. The Morgan fingerprint density at radius 3 is 2.47 bits per heavy atom. The van der Waals surface area contributed by atoms with Crippen molar-refractivity contribution in [2.45, 2.75) is 0 Å². The summed E-state index contributed by atoms with van der Waals surface area (Å²) in [6.45, 7) is 0. The van der Waals surface area contributed by atoms with E-state index in [4.69, 9.17) is 16.3 Å². The maximum atomic E-state index is 6.10. The monoisotopic (exact) mass is 245 g/mol. The zero-order chi connectivity index (χ0) is 12.1. The average molecular weight is 246 g/mol. The van der Waals surface area contributed by atoms with E-state index in [1.165, 1.54) is 0 Å². The molecule has 0 radical (unpaired) electrons. The second kappa shape index (κ2) is 5.51. The molecule has 2 nitrogen and oxygen atoms in total. The Hall–Kier alpha value is -1.80. The van der Waals surface area contributed by atoms with Crippen molar-refractivity contribution in [3.8, 4) is 11.5 Å². The fourth-order valence-corrected chi connectivity index (χ4v) is 1.66. The maximum Gasteiger partial charge on any atom is 0.128 e. The number of hydrogen-bond acceptors (Lipinski definition) is 2. The maximum absolute atomic E-state index is 6.10. The fraction of sp³-hybridized carbons (Fsp3) is 0.0714. The molecule has 0 heterocycles. The number of benzene rings is 2. The van der Waals surface area contributed by atoms with E-state index in [0.717, 1.165) is 17.1 Å². The van der Waals surface area contributed by atoms with Gasteiger partial charge in [-0.15, -0.1) is 0 Å². The summed E-state index contributed by atoms with van der Waals surface area (Å²) in [5.74, 6) is 1.51. The van der Waals surface area contributed by atoms with Gasteiger partial charge in [0.25, 0.3) is 0 Å². The van der Waals surface area contributed by atoms with Crippen LogP contribution >= 0.6 is 11.6 Å². The molecule has 0 bridgehead atoms. The molecule has 86 valence electrons. The van der Waals surface area contributed by atoms with Gasteiger partial charge in [-0.1, -0.05) is 29.8 Å². The molecule has 0 saturated heterocycles. The van der Waals surface area contributed by atoms with Crippen molar-refractivity contribution in [3.63, 3.8) is 0 Å². The minimum atomic E-state index is 0.629. The summed E-state index contributed by atoms with van der Waals surface area (Å²) in [5, 5.41) is 0.629. The Balaban J connectivity index is 2.21. The van der Waals surface area contributed by atoms with Crippen LogP contribution in [-0.4, -0.2) is 13.3 Å². The lowest BCUT2D eigenvalue weighted by Crippen LogP contribution is -1.87. The third kappa shape index (κ3) is 3.08. The Morgan fingerprint density at radius 1 is 1.06 bits per heavy atom. The van der Waals surface area contributed by atoms with Gasteiger partial charge in [-0.05, 0) is 24.3 Å². The van der Waals surface area contributed by atoms with Crippen LogP contribution < -0.4 is 4.74 Å². The SMILES string of the molecule is CN=Cc1ccc(Oc2ccccc2)cc1Cl.